The molecule has 3 nitrogen and oxygen atoms in total. The maximum absolute atomic E-state index is 14.2. The third-order valence-corrected chi connectivity index (χ3v) is 6.86. The number of amides is 1. The summed E-state index contributed by atoms with van der Waals surface area (Å²) >= 11 is 0. The first-order valence-corrected chi connectivity index (χ1v) is 11.1. The molecule has 2 saturated carbocycles. The minimum atomic E-state index is -4.81. The highest BCUT2D eigenvalue weighted by atomic mass is 19.4. The van der Waals surface area contributed by atoms with Crippen LogP contribution in [0.1, 0.15) is 72.9 Å². The summed E-state index contributed by atoms with van der Waals surface area (Å²) in [6.45, 7) is 0.703. The summed E-state index contributed by atoms with van der Waals surface area (Å²) in [5, 5.41) is 9.85. The van der Waals surface area contributed by atoms with Crippen LogP contribution in [0.15, 0.2) is 48.5 Å². The number of alkyl halides is 3. The number of halogens is 4. The molecule has 2 aliphatic rings. The quantitative estimate of drug-likeness (QED) is 0.575. The molecule has 1 N–H and O–H groups in total. The van der Waals surface area contributed by atoms with Gasteiger partial charge in [-0.1, -0.05) is 30.3 Å². The second-order valence-electron chi connectivity index (χ2n) is 9.12. The van der Waals surface area contributed by atoms with Crippen LogP contribution < -0.4 is 0 Å². The lowest BCUT2D eigenvalue weighted by atomic mass is 9.81. The van der Waals surface area contributed by atoms with E-state index in [4.69, 9.17) is 0 Å². The maximum atomic E-state index is 14.2. The zero-order valence-corrected chi connectivity index (χ0v) is 17.9. The lowest BCUT2D eigenvalue weighted by Gasteiger charge is -2.37. The summed E-state index contributed by atoms with van der Waals surface area (Å²) in [6.07, 6.45) is 0.129. The first kappa shape index (κ1) is 22.8. The second-order valence-corrected chi connectivity index (χ2v) is 9.12. The van der Waals surface area contributed by atoms with Crippen molar-refractivity contribution in [3.8, 4) is 0 Å². The van der Waals surface area contributed by atoms with Crippen LogP contribution >= 0.6 is 0 Å². The third kappa shape index (κ3) is 4.40. The number of aliphatic hydroxyl groups is 1. The Labute approximate surface area is 185 Å². The number of rotatable bonds is 5. The fourth-order valence-corrected chi connectivity index (χ4v) is 4.70. The Morgan fingerprint density at radius 3 is 1.94 bits per heavy atom. The van der Waals surface area contributed by atoms with E-state index in [1.807, 2.05) is 17.0 Å². The van der Waals surface area contributed by atoms with Crippen LogP contribution in [0.4, 0.5) is 17.6 Å². The minimum absolute atomic E-state index is 0.0379. The molecule has 0 aromatic heterocycles. The molecule has 1 amide bonds. The van der Waals surface area contributed by atoms with Gasteiger partial charge in [0.05, 0.1) is 0 Å². The van der Waals surface area contributed by atoms with E-state index in [0.29, 0.717) is 12.5 Å². The van der Waals surface area contributed by atoms with Gasteiger partial charge in [-0.05, 0) is 80.7 Å². The fraction of sp³-hybridized carbons (Fsp3) is 0.480. The molecule has 0 unspecified atom stereocenters. The van der Waals surface area contributed by atoms with Crippen molar-refractivity contribution in [2.75, 3.05) is 0 Å². The molecule has 0 heterocycles. The SMILES string of the molecule is C[C@](O)(c1ccc(C(=O)N(C2CC2)[C@H]2CC[C@@H](c3ccccc3F)CC2)cc1)C(F)(F)F. The van der Waals surface area contributed by atoms with Gasteiger partial charge in [0.25, 0.3) is 5.91 Å². The van der Waals surface area contributed by atoms with Crippen molar-refractivity contribution in [2.45, 2.75) is 75.2 Å². The van der Waals surface area contributed by atoms with E-state index in [-0.39, 0.29) is 35.3 Å². The predicted molar refractivity (Wildman–Crippen MR) is 113 cm³/mol. The highest BCUT2D eigenvalue weighted by molar-refractivity contribution is 5.95. The van der Waals surface area contributed by atoms with Gasteiger partial charge in [-0.25, -0.2) is 4.39 Å². The van der Waals surface area contributed by atoms with Gasteiger partial charge in [-0.3, -0.25) is 4.79 Å². The molecule has 0 aliphatic heterocycles. The van der Waals surface area contributed by atoms with Crippen LogP contribution in [-0.2, 0) is 5.60 Å². The van der Waals surface area contributed by atoms with Crippen molar-refractivity contribution in [3.63, 3.8) is 0 Å². The molecular formula is C25H27F4NO2. The first-order chi connectivity index (χ1) is 15.1. The number of nitrogens with zero attached hydrogens (tertiary/aromatic N) is 1. The third-order valence-electron chi connectivity index (χ3n) is 6.86. The van der Waals surface area contributed by atoms with Crippen molar-refractivity contribution < 1.29 is 27.5 Å². The van der Waals surface area contributed by atoms with E-state index < -0.39 is 11.8 Å². The van der Waals surface area contributed by atoms with Crippen LogP contribution in [0.3, 0.4) is 0 Å². The average molecular weight is 449 g/mol. The molecule has 1 atom stereocenters. The summed E-state index contributed by atoms with van der Waals surface area (Å²) in [4.78, 5) is 15.2. The van der Waals surface area contributed by atoms with Gasteiger partial charge in [-0.15, -0.1) is 0 Å². The molecule has 0 saturated heterocycles. The Morgan fingerprint density at radius 2 is 1.44 bits per heavy atom. The molecule has 32 heavy (non-hydrogen) atoms. The first-order valence-electron chi connectivity index (χ1n) is 11.1. The van der Waals surface area contributed by atoms with Crippen LogP contribution in [0.5, 0.6) is 0 Å². The van der Waals surface area contributed by atoms with E-state index >= 15 is 0 Å². The second kappa shape index (κ2) is 8.50. The van der Waals surface area contributed by atoms with Gasteiger partial charge in [0.1, 0.15) is 5.82 Å². The van der Waals surface area contributed by atoms with Crippen molar-refractivity contribution in [2.24, 2.45) is 0 Å². The maximum Gasteiger partial charge on any atom is 0.421 e. The molecule has 0 spiro atoms. The number of hydrogen-bond donors (Lipinski definition) is 1. The largest absolute Gasteiger partial charge is 0.421 e. The summed E-state index contributed by atoms with van der Waals surface area (Å²) in [5.41, 5.74) is -2.24. The number of hydrogen-bond acceptors (Lipinski definition) is 2. The highest BCUT2D eigenvalue weighted by Gasteiger charge is 2.51. The minimum Gasteiger partial charge on any atom is -0.376 e. The number of carbonyl (C=O) groups excluding carboxylic acids is 1. The molecule has 2 fully saturated rings. The normalized spacial score (nSPS) is 23.4. The highest BCUT2D eigenvalue weighted by Crippen LogP contribution is 2.41. The van der Waals surface area contributed by atoms with Gasteiger partial charge in [0.2, 0.25) is 0 Å². The van der Waals surface area contributed by atoms with Crippen LogP contribution in [0, 0.1) is 5.82 Å². The van der Waals surface area contributed by atoms with Crippen molar-refractivity contribution in [1.82, 2.24) is 4.90 Å². The van der Waals surface area contributed by atoms with Crippen molar-refractivity contribution in [3.05, 3.63) is 71.0 Å². The molecule has 172 valence electrons. The Balaban J connectivity index is 1.47. The monoisotopic (exact) mass is 449 g/mol. The van der Waals surface area contributed by atoms with Crippen molar-refractivity contribution in [1.29, 1.82) is 0 Å². The van der Waals surface area contributed by atoms with E-state index in [9.17, 15) is 27.5 Å². The predicted octanol–water partition coefficient (Wildman–Crippen LogP) is 5.93. The fourth-order valence-electron chi connectivity index (χ4n) is 4.70. The van der Waals surface area contributed by atoms with E-state index in [2.05, 4.69) is 0 Å². The zero-order valence-electron chi connectivity index (χ0n) is 17.9. The van der Waals surface area contributed by atoms with Crippen LogP contribution in [0.2, 0.25) is 0 Å². The smallest absolute Gasteiger partial charge is 0.376 e. The Hall–Kier alpha value is -2.41. The molecule has 7 heteroatoms. The summed E-state index contributed by atoms with van der Waals surface area (Å²) < 4.78 is 53.4. The molecular weight excluding hydrogens is 422 g/mol. The summed E-state index contributed by atoms with van der Waals surface area (Å²) in [6, 6.07) is 12.1. The van der Waals surface area contributed by atoms with Crippen molar-refractivity contribution >= 4 is 5.91 Å². The van der Waals surface area contributed by atoms with E-state index in [1.54, 1.807) is 6.07 Å². The van der Waals surface area contributed by atoms with E-state index in [1.165, 1.54) is 30.3 Å². The molecule has 2 aromatic carbocycles. The van der Waals surface area contributed by atoms with Gasteiger partial charge < -0.3 is 10.0 Å². The van der Waals surface area contributed by atoms with E-state index in [0.717, 1.165) is 44.1 Å². The van der Waals surface area contributed by atoms with Gasteiger partial charge in [0, 0.05) is 17.6 Å². The lowest BCUT2D eigenvalue weighted by Crippen LogP contribution is -2.44. The Kier molecular flexibility index (Phi) is 6.05. The molecule has 0 radical (unpaired) electrons. The van der Waals surface area contributed by atoms with Gasteiger partial charge >= 0.3 is 6.18 Å². The average Bonchev–Trinajstić information content (AvgIpc) is 3.59. The zero-order chi connectivity index (χ0) is 23.1. The summed E-state index contributed by atoms with van der Waals surface area (Å²) in [7, 11) is 0. The molecule has 0 bridgehead atoms. The van der Waals surface area contributed by atoms with Crippen LogP contribution in [-0.4, -0.2) is 34.2 Å². The standard InChI is InChI=1S/C25H27F4NO2/c1-24(32,25(27,28)29)18-10-6-17(7-11-18)23(31)30(20-14-15-20)19-12-8-16(9-13-19)21-4-2-3-5-22(21)26/h2-7,10-11,16,19-20,32H,8-9,12-15H2,1H3/t16-,19+,24-/m0/s1. The van der Waals surface area contributed by atoms with Gasteiger partial charge in [-0.2, -0.15) is 13.2 Å². The molecule has 2 aliphatic carbocycles. The molecule has 2 aromatic rings. The Morgan fingerprint density at radius 1 is 0.906 bits per heavy atom. The Bertz CT molecular complexity index is 959. The number of carbonyl (C=O) groups is 1. The van der Waals surface area contributed by atoms with Crippen LogP contribution in [0.25, 0.3) is 0 Å². The number of benzene rings is 2. The van der Waals surface area contributed by atoms with Gasteiger partial charge in [0.15, 0.2) is 5.60 Å². The lowest BCUT2D eigenvalue weighted by molar-refractivity contribution is -0.258. The molecule has 4 rings (SSSR count). The topological polar surface area (TPSA) is 40.5 Å². The summed E-state index contributed by atoms with van der Waals surface area (Å²) in [5.74, 6) is -0.256.